The third-order valence-corrected chi connectivity index (χ3v) is 9.74. The number of hydrogen-bond donors (Lipinski definition) is 1. The van der Waals surface area contributed by atoms with E-state index in [0.717, 1.165) is 16.5 Å². The van der Waals surface area contributed by atoms with Gasteiger partial charge in [-0.2, -0.15) is 0 Å². The summed E-state index contributed by atoms with van der Waals surface area (Å²) in [6.45, 7) is 14.2. The molecular weight excluding hydrogens is 380 g/mol. The van der Waals surface area contributed by atoms with Crippen molar-refractivity contribution in [2.75, 3.05) is 0 Å². The minimum atomic E-state index is -1.99. The summed E-state index contributed by atoms with van der Waals surface area (Å²) in [6, 6.07) is 11.1. The largest absolute Gasteiger partial charge is 0.543 e. The zero-order valence-electron chi connectivity index (χ0n) is 18.1. The number of rotatable bonds is 2. The van der Waals surface area contributed by atoms with Crippen molar-refractivity contribution in [2.24, 2.45) is 0 Å². The van der Waals surface area contributed by atoms with Crippen LogP contribution in [0.4, 0.5) is 0 Å². The molecule has 3 aromatic rings. The maximum absolute atomic E-state index is 12.6. The molecular formula is C24H28O4Si. The first-order valence-corrected chi connectivity index (χ1v) is 12.6. The Labute approximate surface area is 172 Å². The fourth-order valence-electron chi connectivity index (χ4n) is 2.73. The lowest BCUT2D eigenvalue weighted by Crippen LogP contribution is -2.43. The van der Waals surface area contributed by atoms with Crippen molar-refractivity contribution in [2.45, 2.75) is 58.4 Å². The first kappa shape index (κ1) is 21.2. The zero-order valence-corrected chi connectivity index (χ0v) is 19.1. The maximum Gasteiger partial charge on any atom is 0.344 e. The van der Waals surface area contributed by atoms with Gasteiger partial charge in [-0.3, -0.25) is 0 Å². The summed E-state index contributed by atoms with van der Waals surface area (Å²) in [5, 5.41) is 12.0. The molecule has 0 aliphatic carbocycles. The summed E-state index contributed by atoms with van der Waals surface area (Å²) in [4.78, 5) is 12.6. The molecule has 0 bridgehead atoms. The van der Waals surface area contributed by atoms with Crippen molar-refractivity contribution in [1.29, 1.82) is 0 Å². The lowest BCUT2D eigenvalue weighted by Gasteiger charge is -2.36. The van der Waals surface area contributed by atoms with Gasteiger partial charge in [0.25, 0.3) is 0 Å². The molecule has 2 aromatic carbocycles. The van der Waals surface area contributed by atoms with Crippen LogP contribution in [0.25, 0.3) is 21.7 Å². The van der Waals surface area contributed by atoms with Gasteiger partial charge in [-0.25, -0.2) is 4.79 Å². The molecule has 0 atom stereocenters. The van der Waals surface area contributed by atoms with E-state index < -0.39 is 19.5 Å². The summed E-state index contributed by atoms with van der Waals surface area (Å²) >= 11 is 0. The molecule has 0 spiro atoms. The molecule has 29 heavy (non-hydrogen) atoms. The maximum atomic E-state index is 12.6. The van der Waals surface area contributed by atoms with E-state index in [4.69, 9.17) is 8.84 Å². The lowest BCUT2D eigenvalue weighted by molar-refractivity contribution is 0.143. The van der Waals surface area contributed by atoms with Crippen LogP contribution in [-0.2, 0) is 0 Å². The van der Waals surface area contributed by atoms with Crippen LogP contribution >= 0.6 is 0 Å². The van der Waals surface area contributed by atoms with E-state index in [0.29, 0.717) is 16.5 Å². The average molecular weight is 409 g/mol. The van der Waals surface area contributed by atoms with E-state index in [1.165, 1.54) is 0 Å². The third-order valence-electron chi connectivity index (χ3n) is 5.38. The molecule has 1 N–H and O–H groups in total. The Bertz CT molecular complexity index is 1200. The normalized spacial score (nSPS) is 12.7. The second kappa shape index (κ2) is 7.05. The summed E-state index contributed by atoms with van der Waals surface area (Å²) in [7, 11) is -1.99. The molecule has 4 nitrogen and oxygen atoms in total. The van der Waals surface area contributed by atoms with E-state index in [1.807, 2.05) is 24.3 Å². The van der Waals surface area contributed by atoms with Gasteiger partial charge in [-0.05, 0) is 56.2 Å². The first-order chi connectivity index (χ1) is 13.3. The summed E-state index contributed by atoms with van der Waals surface area (Å²) in [5.41, 5.74) is -0.342. The molecule has 0 amide bonds. The van der Waals surface area contributed by atoms with Gasteiger partial charge in [0.15, 0.2) is 0 Å². The fourth-order valence-corrected chi connectivity index (χ4v) is 3.75. The Hall–Kier alpha value is -2.55. The van der Waals surface area contributed by atoms with E-state index >= 15 is 0 Å². The second-order valence-electron chi connectivity index (χ2n) is 9.48. The Morgan fingerprint density at radius 3 is 2.24 bits per heavy atom. The van der Waals surface area contributed by atoms with E-state index in [1.54, 1.807) is 26.0 Å². The Kier molecular flexibility index (Phi) is 5.14. The van der Waals surface area contributed by atoms with Gasteiger partial charge in [0.05, 0.1) is 5.39 Å². The van der Waals surface area contributed by atoms with E-state index in [9.17, 15) is 9.90 Å². The first-order valence-electron chi connectivity index (χ1n) is 9.72. The standard InChI is InChI=1S/C24H28O4Si/c1-23(2,3)29(6,7)28-17-9-11-19-18-10-8-16(12-13-24(4,5)26)14-20(18)22(25)27-21(19)15-17/h8-11,14-15,26H,1-7H3. The van der Waals surface area contributed by atoms with Crippen LogP contribution < -0.4 is 10.1 Å². The highest BCUT2D eigenvalue weighted by Crippen LogP contribution is 2.38. The molecule has 0 saturated carbocycles. The second-order valence-corrected chi connectivity index (χ2v) is 14.2. The van der Waals surface area contributed by atoms with Crippen LogP contribution in [0.2, 0.25) is 18.1 Å². The summed E-state index contributed by atoms with van der Waals surface area (Å²) < 4.78 is 11.9. The summed E-state index contributed by atoms with van der Waals surface area (Å²) in [6.07, 6.45) is 0. The highest BCUT2D eigenvalue weighted by atomic mass is 28.4. The Balaban J connectivity index is 2.09. The van der Waals surface area contributed by atoms with Crippen LogP contribution in [0.3, 0.4) is 0 Å². The zero-order chi connectivity index (χ0) is 21.6. The lowest BCUT2D eigenvalue weighted by atomic mass is 10.0. The molecule has 0 unspecified atom stereocenters. The highest BCUT2D eigenvalue weighted by molar-refractivity contribution is 6.74. The third kappa shape index (κ3) is 4.55. The van der Waals surface area contributed by atoms with Gasteiger partial charge in [0.2, 0.25) is 8.32 Å². The summed E-state index contributed by atoms with van der Waals surface area (Å²) in [5.74, 6) is 6.39. The molecule has 0 fully saturated rings. The number of hydrogen-bond acceptors (Lipinski definition) is 4. The van der Waals surface area contributed by atoms with Crippen LogP contribution in [-0.4, -0.2) is 19.0 Å². The predicted molar refractivity (Wildman–Crippen MR) is 121 cm³/mol. The molecule has 1 heterocycles. The minimum absolute atomic E-state index is 0.0761. The quantitative estimate of drug-likeness (QED) is 0.265. The van der Waals surface area contributed by atoms with Crippen LogP contribution in [0, 0.1) is 11.8 Å². The van der Waals surface area contributed by atoms with Crippen molar-refractivity contribution in [1.82, 2.24) is 0 Å². The number of fused-ring (bicyclic) bond motifs is 3. The van der Waals surface area contributed by atoms with Crippen molar-refractivity contribution >= 4 is 30.1 Å². The van der Waals surface area contributed by atoms with Gasteiger partial charge in [-0.15, -0.1) is 0 Å². The van der Waals surface area contributed by atoms with Crippen molar-refractivity contribution in [3.63, 3.8) is 0 Å². The monoisotopic (exact) mass is 408 g/mol. The number of aliphatic hydroxyl groups is 1. The Morgan fingerprint density at radius 1 is 0.966 bits per heavy atom. The smallest absolute Gasteiger partial charge is 0.344 e. The van der Waals surface area contributed by atoms with Gasteiger partial charge >= 0.3 is 5.63 Å². The van der Waals surface area contributed by atoms with Crippen molar-refractivity contribution in [3.05, 3.63) is 52.4 Å². The molecule has 0 radical (unpaired) electrons. The van der Waals surface area contributed by atoms with Gasteiger partial charge in [0.1, 0.15) is 16.9 Å². The molecule has 0 saturated heterocycles. The van der Waals surface area contributed by atoms with Crippen LogP contribution in [0.15, 0.2) is 45.6 Å². The molecule has 0 aliphatic heterocycles. The minimum Gasteiger partial charge on any atom is -0.543 e. The molecule has 3 rings (SSSR count). The van der Waals surface area contributed by atoms with Crippen molar-refractivity contribution < 1.29 is 13.9 Å². The van der Waals surface area contributed by atoms with Crippen LogP contribution in [0.1, 0.15) is 40.2 Å². The fraction of sp³-hybridized carbons (Fsp3) is 0.375. The van der Waals surface area contributed by atoms with E-state index in [-0.39, 0.29) is 5.04 Å². The van der Waals surface area contributed by atoms with Crippen molar-refractivity contribution in [3.8, 4) is 17.6 Å². The Morgan fingerprint density at radius 2 is 1.62 bits per heavy atom. The van der Waals surface area contributed by atoms with Gasteiger partial charge < -0.3 is 13.9 Å². The molecule has 1 aromatic heterocycles. The van der Waals surface area contributed by atoms with Gasteiger partial charge in [-0.1, -0.05) is 38.7 Å². The highest BCUT2D eigenvalue weighted by Gasteiger charge is 2.39. The SMILES string of the molecule is CC(C)(O)C#Cc1ccc2c(c1)c(=O)oc1cc(O[Si](C)(C)C(C)(C)C)ccc12. The number of benzene rings is 2. The molecule has 5 heteroatoms. The van der Waals surface area contributed by atoms with Gasteiger partial charge in [0, 0.05) is 22.4 Å². The predicted octanol–water partition coefficient (Wildman–Crippen LogP) is 5.45. The molecule has 0 aliphatic rings. The topological polar surface area (TPSA) is 59.7 Å². The molecule has 152 valence electrons. The van der Waals surface area contributed by atoms with E-state index in [2.05, 4.69) is 45.7 Å². The van der Waals surface area contributed by atoms with Crippen LogP contribution in [0.5, 0.6) is 5.75 Å². The average Bonchev–Trinajstić information content (AvgIpc) is 2.58.